The van der Waals surface area contributed by atoms with E-state index in [4.69, 9.17) is 9.47 Å². The molecule has 3 nitrogen and oxygen atoms in total. The summed E-state index contributed by atoms with van der Waals surface area (Å²) in [5, 5.41) is 0. The molecular formula is C15H20O3. The second-order valence-corrected chi connectivity index (χ2v) is 4.91. The second kappa shape index (κ2) is 5.89. The van der Waals surface area contributed by atoms with E-state index < -0.39 is 0 Å². The number of ether oxygens (including phenoxy) is 2. The summed E-state index contributed by atoms with van der Waals surface area (Å²) in [5.41, 5.74) is 1.17. The summed E-state index contributed by atoms with van der Waals surface area (Å²) in [6.45, 7) is 3.50. The van der Waals surface area contributed by atoms with Crippen molar-refractivity contribution in [3.8, 4) is 5.75 Å². The normalized spacial score (nSPS) is 23.4. The number of hydrogen-bond acceptors (Lipinski definition) is 3. The van der Waals surface area contributed by atoms with Crippen molar-refractivity contribution in [1.82, 2.24) is 0 Å². The van der Waals surface area contributed by atoms with Crippen molar-refractivity contribution in [2.24, 2.45) is 0 Å². The van der Waals surface area contributed by atoms with Crippen molar-refractivity contribution < 1.29 is 14.3 Å². The lowest BCUT2D eigenvalue weighted by molar-refractivity contribution is -0.153. The minimum atomic E-state index is -0.222. The summed E-state index contributed by atoms with van der Waals surface area (Å²) in [6, 6.07) is 7.98. The van der Waals surface area contributed by atoms with E-state index in [1.807, 2.05) is 31.2 Å². The van der Waals surface area contributed by atoms with Crippen molar-refractivity contribution in [2.45, 2.75) is 51.7 Å². The third-order valence-corrected chi connectivity index (χ3v) is 3.24. The molecule has 0 aromatic heterocycles. The van der Waals surface area contributed by atoms with E-state index in [0.717, 1.165) is 31.4 Å². The molecule has 98 valence electrons. The van der Waals surface area contributed by atoms with E-state index in [1.54, 1.807) is 0 Å². The fourth-order valence-electron chi connectivity index (χ4n) is 2.41. The van der Waals surface area contributed by atoms with Crippen LogP contribution >= 0.6 is 0 Å². The van der Waals surface area contributed by atoms with Crippen molar-refractivity contribution >= 4 is 5.97 Å². The first-order chi connectivity index (χ1) is 8.65. The Morgan fingerprint density at radius 1 is 1.22 bits per heavy atom. The molecule has 2 rings (SSSR count). The lowest BCUT2D eigenvalue weighted by atomic mass is 9.94. The molecule has 2 atom stereocenters. The molecule has 0 radical (unpaired) electrons. The molecule has 0 saturated heterocycles. The summed E-state index contributed by atoms with van der Waals surface area (Å²) < 4.78 is 11.3. The molecule has 18 heavy (non-hydrogen) atoms. The van der Waals surface area contributed by atoms with Crippen molar-refractivity contribution in [1.29, 1.82) is 0 Å². The predicted octanol–water partition coefficient (Wildman–Crippen LogP) is 3.25. The van der Waals surface area contributed by atoms with Crippen LogP contribution in [0.2, 0.25) is 0 Å². The Hall–Kier alpha value is -1.51. The molecule has 3 heteroatoms. The number of rotatable bonds is 3. The maximum absolute atomic E-state index is 11.1. The van der Waals surface area contributed by atoms with Crippen molar-refractivity contribution in [2.75, 3.05) is 0 Å². The zero-order valence-corrected chi connectivity index (χ0v) is 11.0. The lowest BCUT2D eigenvalue weighted by Gasteiger charge is -2.31. The second-order valence-electron chi connectivity index (χ2n) is 4.91. The molecule has 1 aliphatic carbocycles. The molecule has 0 bridgehead atoms. The molecule has 0 N–H and O–H groups in total. The van der Waals surface area contributed by atoms with Gasteiger partial charge in [-0.15, -0.1) is 0 Å². The number of benzene rings is 1. The van der Waals surface area contributed by atoms with Gasteiger partial charge in [0, 0.05) is 6.92 Å². The van der Waals surface area contributed by atoms with Gasteiger partial charge in [-0.25, -0.2) is 0 Å². The van der Waals surface area contributed by atoms with Gasteiger partial charge in [0.2, 0.25) is 0 Å². The highest BCUT2D eigenvalue weighted by atomic mass is 16.6. The molecule has 2 unspecified atom stereocenters. The molecular weight excluding hydrogens is 228 g/mol. The fraction of sp³-hybridized carbons (Fsp3) is 0.533. The molecule has 1 aliphatic rings. The standard InChI is InChI=1S/C15H20O3/c1-11-6-5-7-13(10-11)18-15-9-4-3-8-14(15)17-12(2)16/h5-7,10,14-15H,3-4,8-9H2,1-2H3. The van der Waals surface area contributed by atoms with Crippen LogP contribution in [-0.4, -0.2) is 18.2 Å². The molecule has 0 heterocycles. The van der Waals surface area contributed by atoms with E-state index in [0.29, 0.717) is 0 Å². The monoisotopic (exact) mass is 248 g/mol. The lowest BCUT2D eigenvalue weighted by Crippen LogP contribution is -2.38. The Labute approximate surface area is 108 Å². The van der Waals surface area contributed by atoms with E-state index in [9.17, 15) is 4.79 Å². The smallest absolute Gasteiger partial charge is 0.303 e. The van der Waals surface area contributed by atoms with Gasteiger partial charge in [-0.3, -0.25) is 4.79 Å². The van der Waals surface area contributed by atoms with Crippen LogP contribution in [0.1, 0.15) is 38.2 Å². The minimum absolute atomic E-state index is 0.00977. The number of carbonyl (C=O) groups excluding carboxylic acids is 1. The van der Waals surface area contributed by atoms with E-state index in [-0.39, 0.29) is 18.2 Å². The van der Waals surface area contributed by atoms with Gasteiger partial charge >= 0.3 is 5.97 Å². The highest BCUT2D eigenvalue weighted by Gasteiger charge is 2.29. The number of esters is 1. The molecule has 1 aromatic carbocycles. The quantitative estimate of drug-likeness (QED) is 0.770. The van der Waals surface area contributed by atoms with E-state index >= 15 is 0 Å². The molecule has 1 saturated carbocycles. The Morgan fingerprint density at radius 3 is 2.61 bits per heavy atom. The van der Waals surface area contributed by atoms with Crippen molar-refractivity contribution in [3.05, 3.63) is 29.8 Å². The Kier molecular flexibility index (Phi) is 4.24. The average molecular weight is 248 g/mol. The van der Waals surface area contributed by atoms with Gasteiger partial charge in [-0.1, -0.05) is 12.1 Å². The average Bonchev–Trinajstić information content (AvgIpc) is 2.31. The Bertz CT molecular complexity index is 414. The molecule has 0 aliphatic heterocycles. The Morgan fingerprint density at radius 2 is 1.94 bits per heavy atom. The molecule has 1 fully saturated rings. The maximum Gasteiger partial charge on any atom is 0.303 e. The minimum Gasteiger partial charge on any atom is -0.487 e. The van der Waals surface area contributed by atoms with Gasteiger partial charge in [0.25, 0.3) is 0 Å². The molecule has 0 amide bonds. The summed E-state index contributed by atoms with van der Waals surface area (Å²) in [5.74, 6) is 0.638. The first kappa shape index (κ1) is 12.9. The summed E-state index contributed by atoms with van der Waals surface area (Å²) >= 11 is 0. The van der Waals surface area contributed by atoms with Crippen LogP contribution in [0.3, 0.4) is 0 Å². The third-order valence-electron chi connectivity index (χ3n) is 3.24. The number of carbonyl (C=O) groups is 1. The topological polar surface area (TPSA) is 35.5 Å². The van der Waals surface area contributed by atoms with Crippen LogP contribution in [0, 0.1) is 6.92 Å². The van der Waals surface area contributed by atoms with Crippen LogP contribution < -0.4 is 4.74 Å². The van der Waals surface area contributed by atoms with E-state index in [1.165, 1.54) is 12.5 Å². The highest BCUT2D eigenvalue weighted by Crippen LogP contribution is 2.26. The van der Waals surface area contributed by atoms with Crippen molar-refractivity contribution in [3.63, 3.8) is 0 Å². The zero-order valence-electron chi connectivity index (χ0n) is 11.0. The van der Waals surface area contributed by atoms with Crippen LogP contribution in [0.15, 0.2) is 24.3 Å². The SMILES string of the molecule is CC(=O)OC1CCCCC1Oc1cccc(C)c1. The van der Waals surface area contributed by atoms with Crippen LogP contribution in [0.4, 0.5) is 0 Å². The van der Waals surface area contributed by atoms with Crippen LogP contribution in [-0.2, 0) is 9.53 Å². The van der Waals surface area contributed by atoms with Crippen LogP contribution in [0.5, 0.6) is 5.75 Å². The van der Waals surface area contributed by atoms with Gasteiger partial charge in [0.15, 0.2) is 0 Å². The predicted molar refractivity (Wildman–Crippen MR) is 69.6 cm³/mol. The first-order valence-corrected chi connectivity index (χ1v) is 6.55. The number of aryl methyl sites for hydroxylation is 1. The summed E-state index contributed by atoms with van der Waals surface area (Å²) in [6.07, 6.45) is 3.98. The van der Waals surface area contributed by atoms with Gasteiger partial charge < -0.3 is 9.47 Å². The Balaban J connectivity index is 2.03. The number of hydrogen-bond donors (Lipinski definition) is 0. The molecule has 1 aromatic rings. The largest absolute Gasteiger partial charge is 0.487 e. The van der Waals surface area contributed by atoms with Gasteiger partial charge in [0.1, 0.15) is 18.0 Å². The summed E-state index contributed by atoms with van der Waals surface area (Å²) in [7, 11) is 0. The van der Waals surface area contributed by atoms with Gasteiger partial charge in [-0.2, -0.15) is 0 Å². The maximum atomic E-state index is 11.1. The molecule has 0 spiro atoms. The fourth-order valence-corrected chi connectivity index (χ4v) is 2.41. The summed E-state index contributed by atoms with van der Waals surface area (Å²) in [4.78, 5) is 11.1. The van der Waals surface area contributed by atoms with Gasteiger partial charge in [0.05, 0.1) is 0 Å². The zero-order chi connectivity index (χ0) is 13.0. The van der Waals surface area contributed by atoms with E-state index in [2.05, 4.69) is 0 Å². The highest BCUT2D eigenvalue weighted by molar-refractivity contribution is 5.66. The first-order valence-electron chi connectivity index (χ1n) is 6.55. The van der Waals surface area contributed by atoms with Crippen LogP contribution in [0.25, 0.3) is 0 Å². The van der Waals surface area contributed by atoms with Gasteiger partial charge in [-0.05, 0) is 50.3 Å². The third kappa shape index (κ3) is 3.49.